The molecule has 0 aliphatic rings. The lowest BCUT2D eigenvalue weighted by atomic mass is 10.0. The third kappa shape index (κ3) is 2.81. The van der Waals surface area contributed by atoms with E-state index >= 15 is 0 Å². The fraction of sp³-hybridized carbons (Fsp3) is 0.136. The van der Waals surface area contributed by atoms with Crippen molar-refractivity contribution in [3.05, 3.63) is 82.7 Å². The summed E-state index contributed by atoms with van der Waals surface area (Å²) in [5.74, 6) is -3.73. The van der Waals surface area contributed by atoms with Gasteiger partial charge in [0.25, 0.3) is 0 Å². The molecule has 4 aromatic rings. The summed E-state index contributed by atoms with van der Waals surface area (Å²) in [6, 6.07) is 12.4. The molecule has 28 heavy (non-hydrogen) atoms. The molecule has 1 amide bonds. The van der Waals surface area contributed by atoms with Gasteiger partial charge in [-0.15, -0.1) is 0 Å². The Balaban J connectivity index is 2.04. The molecule has 1 aromatic heterocycles. The number of benzene rings is 3. The minimum atomic E-state index is -1.23. The molecule has 0 spiro atoms. The molecule has 2 N–H and O–H groups in total. The van der Waals surface area contributed by atoms with Crippen molar-refractivity contribution in [3.8, 4) is 0 Å². The Morgan fingerprint density at radius 2 is 1.71 bits per heavy atom. The van der Waals surface area contributed by atoms with E-state index in [1.54, 1.807) is 22.8 Å². The van der Waals surface area contributed by atoms with Gasteiger partial charge in [0.2, 0.25) is 5.91 Å². The molecule has 0 aliphatic carbocycles. The molecule has 4 rings (SSSR count). The number of halogens is 3. The summed E-state index contributed by atoms with van der Waals surface area (Å²) in [6.07, 6.45) is 0.791. The Labute approximate surface area is 159 Å². The number of primary amides is 1. The van der Waals surface area contributed by atoms with E-state index in [-0.39, 0.29) is 12.1 Å². The van der Waals surface area contributed by atoms with Crippen molar-refractivity contribution in [1.82, 2.24) is 4.57 Å². The molecule has 1 heterocycles. The number of rotatable bonds is 4. The van der Waals surface area contributed by atoms with E-state index in [1.807, 2.05) is 25.1 Å². The van der Waals surface area contributed by atoms with E-state index in [0.29, 0.717) is 22.5 Å². The van der Waals surface area contributed by atoms with Gasteiger partial charge in [0.05, 0.1) is 12.1 Å². The molecule has 6 heteroatoms. The Morgan fingerprint density at radius 3 is 2.43 bits per heavy atom. The first-order valence-electron chi connectivity index (χ1n) is 8.87. The average molecular weight is 382 g/mol. The van der Waals surface area contributed by atoms with Crippen molar-refractivity contribution >= 4 is 27.7 Å². The smallest absolute Gasteiger partial charge is 0.249 e. The molecule has 142 valence electrons. The van der Waals surface area contributed by atoms with Gasteiger partial charge in [-0.1, -0.05) is 25.1 Å². The van der Waals surface area contributed by atoms with Gasteiger partial charge in [0.1, 0.15) is 5.82 Å². The minimum absolute atomic E-state index is 0.0155. The van der Waals surface area contributed by atoms with Gasteiger partial charge in [-0.3, -0.25) is 4.79 Å². The minimum Gasteiger partial charge on any atom is -0.366 e. The fourth-order valence-electron chi connectivity index (χ4n) is 3.64. The van der Waals surface area contributed by atoms with Crippen LogP contribution in [0.15, 0.2) is 48.5 Å². The highest BCUT2D eigenvalue weighted by Crippen LogP contribution is 2.33. The Morgan fingerprint density at radius 1 is 0.964 bits per heavy atom. The summed E-state index contributed by atoms with van der Waals surface area (Å²) in [6.45, 7) is 2.00. The van der Waals surface area contributed by atoms with E-state index in [9.17, 15) is 18.0 Å². The highest BCUT2D eigenvalue weighted by Gasteiger charge is 2.18. The maximum atomic E-state index is 14.3. The first-order valence-corrected chi connectivity index (χ1v) is 8.87. The van der Waals surface area contributed by atoms with E-state index in [4.69, 9.17) is 5.73 Å². The van der Waals surface area contributed by atoms with Gasteiger partial charge in [0, 0.05) is 33.5 Å². The molecule has 0 saturated heterocycles. The highest BCUT2D eigenvalue weighted by atomic mass is 19.2. The van der Waals surface area contributed by atoms with Gasteiger partial charge in [-0.2, -0.15) is 0 Å². The molecule has 0 fully saturated rings. The van der Waals surface area contributed by atoms with Crippen LogP contribution in [-0.4, -0.2) is 10.5 Å². The van der Waals surface area contributed by atoms with Crippen LogP contribution in [0.2, 0.25) is 0 Å². The monoisotopic (exact) mass is 382 g/mol. The molecular weight excluding hydrogens is 365 g/mol. The van der Waals surface area contributed by atoms with Crippen LogP contribution in [0.5, 0.6) is 0 Å². The topological polar surface area (TPSA) is 48.0 Å². The summed E-state index contributed by atoms with van der Waals surface area (Å²) in [5, 5.41) is 1.46. The van der Waals surface area contributed by atoms with E-state index in [2.05, 4.69) is 0 Å². The van der Waals surface area contributed by atoms with Crippen LogP contribution in [0, 0.1) is 17.5 Å². The van der Waals surface area contributed by atoms with Crippen molar-refractivity contribution in [1.29, 1.82) is 0 Å². The largest absolute Gasteiger partial charge is 0.366 e. The number of nitrogens with two attached hydrogens (primary N) is 1. The van der Waals surface area contributed by atoms with Crippen molar-refractivity contribution < 1.29 is 18.0 Å². The van der Waals surface area contributed by atoms with Crippen LogP contribution in [0.25, 0.3) is 21.8 Å². The second kappa shape index (κ2) is 6.71. The highest BCUT2D eigenvalue weighted by molar-refractivity contribution is 6.17. The zero-order valence-electron chi connectivity index (χ0n) is 15.1. The lowest BCUT2D eigenvalue weighted by Crippen LogP contribution is -2.11. The number of hydrogen-bond acceptors (Lipinski definition) is 1. The molecule has 0 radical (unpaired) electrons. The number of hydrogen-bond donors (Lipinski definition) is 1. The van der Waals surface area contributed by atoms with Crippen molar-refractivity contribution in [2.45, 2.75) is 19.9 Å². The van der Waals surface area contributed by atoms with E-state index in [0.717, 1.165) is 29.0 Å². The number of nitrogens with zero attached hydrogens (tertiary/aromatic N) is 1. The van der Waals surface area contributed by atoms with E-state index < -0.39 is 23.4 Å². The lowest BCUT2D eigenvalue weighted by Gasteiger charge is -2.10. The molecule has 3 aromatic carbocycles. The van der Waals surface area contributed by atoms with Crippen molar-refractivity contribution in [2.75, 3.05) is 0 Å². The predicted octanol–water partition coefficient (Wildman–Crippen LogP) is 4.92. The molecular formula is C22H17F3N2O. The first kappa shape index (κ1) is 18.1. The maximum Gasteiger partial charge on any atom is 0.249 e. The molecule has 0 bridgehead atoms. The van der Waals surface area contributed by atoms with Gasteiger partial charge in [-0.25, -0.2) is 13.2 Å². The molecule has 3 nitrogen and oxygen atoms in total. The molecule has 0 aliphatic heterocycles. The molecule has 0 atom stereocenters. The number of fused-ring (bicyclic) bond motifs is 3. The third-order valence-electron chi connectivity index (χ3n) is 5.05. The standard InChI is InChI=1S/C22H17F3N2O/c1-2-12-6-7-14-20(8-12)27(11-13-9-17(24)18(25)10-16(13)23)19-5-3-4-15(21(14)19)22(26)28/h3-10H,2,11H2,1H3,(H2,26,28). The number of aryl methyl sites for hydroxylation is 1. The average Bonchev–Trinajstić information content (AvgIpc) is 2.99. The summed E-state index contributed by atoms with van der Waals surface area (Å²) in [4.78, 5) is 11.9. The molecule has 0 saturated carbocycles. The normalized spacial score (nSPS) is 11.4. The summed E-state index contributed by atoms with van der Waals surface area (Å²) >= 11 is 0. The van der Waals surface area contributed by atoms with Crippen LogP contribution in [0.1, 0.15) is 28.4 Å². The second-order valence-corrected chi connectivity index (χ2v) is 6.71. The quantitative estimate of drug-likeness (QED) is 0.500. The zero-order chi connectivity index (χ0) is 20.0. The fourth-order valence-corrected chi connectivity index (χ4v) is 3.64. The molecule has 0 unspecified atom stereocenters. The number of carbonyl (C=O) groups excluding carboxylic acids is 1. The maximum absolute atomic E-state index is 14.3. The SMILES string of the molecule is CCc1ccc2c3c(C(N)=O)cccc3n(Cc3cc(F)c(F)cc3F)c2c1. The van der Waals surface area contributed by atoms with Crippen LogP contribution in [-0.2, 0) is 13.0 Å². The Bertz CT molecular complexity index is 1240. The first-order chi connectivity index (χ1) is 13.4. The van der Waals surface area contributed by atoms with Crippen LogP contribution in [0.4, 0.5) is 13.2 Å². The summed E-state index contributed by atoms with van der Waals surface area (Å²) in [7, 11) is 0. The van der Waals surface area contributed by atoms with Crippen molar-refractivity contribution in [2.24, 2.45) is 5.73 Å². The van der Waals surface area contributed by atoms with Gasteiger partial charge in [-0.05, 0) is 36.2 Å². The predicted molar refractivity (Wildman–Crippen MR) is 103 cm³/mol. The van der Waals surface area contributed by atoms with Crippen LogP contribution < -0.4 is 5.73 Å². The Hall–Kier alpha value is -3.28. The number of carbonyl (C=O) groups is 1. The zero-order valence-corrected chi connectivity index (χ0v) is 15.1. The summed E-state index contributed by atoms with van der Waals surface area (Å²) in [5.41, 5.74) is 8.42. The van der Waals surface area contributed by atoms with Gasteiger partial charge >= 0.3 is 0 Å². The third-order valence-corrected chi connectivity index (χ3v) is 5.05. The van der Waals surface area contributed by atoms with Gasteiger partial charge in [0.15, 0.2) is 11.6 Å². The van der Waals surface area contributed by atoms with Crippen LogP contribution >= 0.6 is 0 Å². The van der Waals surface area contributed by atoms with Crippen LogP contribution in [0.3, 0.4) is 0 Å². The second-order valence-electron chi connectivity index (χ2n) is 6.71. The van der Waals surface area contributed by atoms with Crippen molar-refractivity contribution in [3.63, 3.8) is 0 Å². The summed E-state index contributed by atoms with van der Waals surface area (Å²) < 4.78 is 43.1. The van der Waals surface area contributed by atoms with Gasteiger partial charge < -0.3 is 10.3 Å². The lowest BCUT2D eigenvalue weighted by molar-refractivity contribution is 0.100. The van der Waals surface area contributed by atoms with E-state index in [1.165, 1.54) is 0 Å². The number of aromatic nitrogens is 1. The Kier molecular flexibility index (Phi) is 4.34. The number of amides is 1.